The fourth-order valence-electron chi connectivity index (χ4n) is 3.61. The number of likely N-dealkylation sites (tertiary alicyclic amines) is 1. The molecular formula is C18H25N3OS. The Morgan fingerprint density at radius 2 is 1.78 bits per heavy atom. The number of nitrogens with one attached hydrogen (secondary N) is 1. The summed E-state index contributed by atoms with van der Waals surface area (Å²) in [6.45, 7) is 2.48. The van der Waals surface area contributed by atoms with Gasteiger partial charge in [-0.05, 0) is 57.2 Å². The number of fused-ring (bicyclic) bond motifs is 1. The zero-order valence-corrected chi connectivity index (χ0v) is 14.5. The average Bonchev–Trinajstić information content (AvgIpc) is 2.86. The van der Waals surface area contributed by atoms with E-state index in [1.54, 1.807) is 11.3 Å². The van der Waals surface area contributed by atoms with Gasteiger partial charge in [0.15, 0.2) is 0 Å². The summed E-state index contributed by atoms with van der Waals surface area (Å²) in [5.41, 5.74) is 1.90. The second-order valence-corrected chi connectivity index (χ2v) is 7.72. The molecule has 0 spiro atoms. The van der Waals surface area contributed by atoms with Gasteiger partial charge in [0.05, 0.1) is 12.1 Å². The van der Waals surface area contributed by atoms with Crippen molar-refractivity contribution < 1.29 is 4.79 Å². The van der Waals surface area contributed by atoms with Crippen molar-refractivity contribution in [1.29, 1.82) is 5.26 Å². The summed E-state index contributed by atoms with van der Waals surface area (Å²) in [6.07, 6.45) is 10.6. The van der Waals surface area contributed by atoms with E-state index in [9.17, 15) is 10.1 Å². The Kier molecular flexibility index (Phi) is 5.69. The molecule has 124 valence electrons. The summed E-state index contributed by atoms with van der Waals surface area (Å²) in [4.78, 5) is 16.0. The van der Waals surface area contributed by atoms with Gasteiger partial charge in [-0.25, -0.2) is 0 Å². The highest BCUT2D eigenvalue weighted by atomic mass is 32.1. The largest absolute Gasteiger partial charge is 0.315 e. The molecule has 0 atom stereocenters. The van der Waals surface area contributed by atoms with Crippen LogP contribution in [0.25, 0.3) is 0 Å². The first-order valence-corrected chi connectivity index (χ1v) is 9.66. The monoisotopic (exact) mass is 331 g/mol. The van der Waals surface area contributed by atoms with E-state index in [1.165, 1.54) is 49.0 Å². The van der Waals surface area contributed by atoms with Crippen LogP contribution in [0, 0.1) is 11.3 Å². The van der Waals surface area contributed by atoms with E-state index in [0.717, 1.165) is 37.4 Å². The van der Waals surface area contributed by atoms with Crippen molar-refractivity contribution in [2.75, 3.05) is 25.0 Å². The van der Waals surface area contributed by atoms with Crippen molar-refractivity contribution in [2.45, 2.75) is 57.8 Å². The predicted octanol–water partition coefficient (Wildman–Crippen LogP) is 3.70. The Morgan fingerprint density at radius 1 is 1.09 bits per heavy atom. The molecule has 3 rings (SSSR count). The van der Waals surface area contributed by atoms with Crippen LogP contribution < -0.4 is 5.32 Å². The Morgan fingerprint density at radius 3 is 2.52 bits per heavy atom. The van der Waals surface area contributed by atoms with Crippen molar-refractivity contribution in [3.8, 4) is 6.07 Å². The zero-order valence-electron chi connectivity index (χ0n) is 13.7. The molecule has 1 fully saturated rings. The van der Waals surface area contributed by atoms with Crippen molar-refractivity contribution in [2.24, 2.45) is 0 Å². The summed E-state index contributed by atoms with van der Waals surface area (Å²) < 4.78 is 0. The molecule has 2 heterocycles. The Labute approximate surface area is 142 Å². The lowest BCUT2D eigenvalue weighted by Crippen LogP contribution is -2.35. The molecule has 1 saturated heterocycles. The van der Waals surface area contributed by atoms with Gasteiger partial charge in [0.2, 0.25) is 5.91 Å². The van der Waals surface area contributed by atoms with Crippen LogP contribution in [-0.2, 0) is 17.6 Å². The SMILES string of the molecule is N#Cc1c(NC(=O)CN2CCCCCCC2)sc2c1CCCC2. The number of rotatable bonds is 3. The number of carbonyl (C=O) groups excluding carboxylic acids is 1. The van der Waals surface area contributed by atoms with Crippen LogP contribution in [0.4, 0.5) is 5.00 Å². The topological polar surface area (TPSA) is 56.1 Å². The molecule has 0 saturated carbocycles. The lowest BCUT2D eigenvalue weighted by atomic mass is 9.96. The smallest absolute Gasteiger partial charge is 0.239 e. The van der Waals surface area contributed by atoms with Gasteiger partial charge < -0.3 is 5.32 Å². The highest BCUT2D eigenvalue weighted by Crippen LogP contribution is 2.37. The average molecular weight is 331 g/mol. The van der Waals surface area contributed by atoms with Gasteiger partial charge in [-0.3, -0.25) is 9.69 Å². The molecule has 1 amide bonds. The summed E-state index contributed by atoms with van der Waals surface area (Å²) in [5, 5.41) is 13.3. The van der Waals surface area contributed by atoms with Gasteiger partial charge in [-0.2, -0.15) is 5.26 Å². The fraction of sp³-hybridized carbons (Fsp3) is 0.667. The first-order chi connectivity index (χ1) is 11.3. The van der Waals surface area contributed by atoms with Crippen molar-refractivity contribution in [3.05, 3.63) is 16.0 Å². The Bertz CT molecular complexity index is 594. The van der Waals surface area contributed by atoms with E-state index < -0.39 is 0 Å². The minimum Gasteiger partial charge on any atom is -0.315 e. The first-order valence-electron chi connectivity index (χ1n) is 8.85. The molecule has 4 nitrogen and oxygen atoms in total. The summed E-state index contributed by atoms with van der Waals surface area (Å²) in [6, 6.07) is 2.31. The maximum atomic E-state index is 12.4. The normalized spacial score (nSPS) is 19.3. The van der Waals surface area contributed by atoms with Gasteiger partial charge in [-0.15, -0.1) is 11.3 Å². The molecule has 1 aromatic rings. The number of nitrogens with zero attached hydrogens (tertiary/aromatic N) is 2. The summed E-state index contributed by atoms with van der Waals surface area (Å²) >= 11 is 1.61. The number of hydrogen-bond acceptors (Lipinski definition) is 4. The highest BCUT2D eigenvalue weighted by Gasteiger charge is 2.22. The number of anilines is 1. The molecule has 1 aliphatic carbocycles. The van der Waals surface area contributed by atoms with Crippen LogP contribution in [0.5, 0.6) is 0 Å². The van der Waals surface area contributed by atoms with E-state index in [4.69, 9.17) is 0 Å². The van der Waals surface area contributed by atoms with Gasteiger partial charge in [0.25, 0.3) is 0 Å². The standard InChI is InChI=1S/C18H25N3OS/c19-12-15-14-8-4-5-9-16(14)23-18(15)20-17(22)13-21-10-6-2-1-3-7-11-21/h1-11,13H2,(H,20,22). The molecule has 1 aromatic heterocycles. The highest BCUT2D eigenvalue weighted by molar-refractivity contribution is 7.16. The fourth-order valence-corrected chi connectivity index (χ4v) is 4.87. The maximum Gasteiger partial charge on any atom is 0.239 e. The van der Waals surface area contributed by atoms with Gasteiger partial charge >= 0.3 is 0 Å². The number of thiophene rings is 1. The Hall–Kier alpha value is -1.38. The van der Waals surface area contributed by atoms with Crippen LogP contribution in [0.15, 0.2) is 0 Å². The molecule has 0 bridgehead atoms. The molecule has 1 N–H and O–H groups in total. The van der Waals surface area contributed by atoms with Crippen LogP contribution in [0.2, 0.25) is 0 Å². The first kappa shape index (κ1) is 16.5. The van der Waals surface area contributed by atoms with Crippen LogP contribution in [0.3, 0.4) is 0 Å². The molecular weight excluding hydrogens is 306 g/mol. The van der Waals surface area contributed by atoms with Crippen LogP contribution in [-0.4, -0.2) is 30.4 Å². The van der Waals surface area contributed by atoms with Crippen molar-refractivity contribution in [1.82, 2.24) is 4.90 Å². The summed E-state index contributed by atoms with van der Waals surface area (Å²) in [7, 11) is 0. The van der Waals surface area contributed by atoms with E-state index in [1.807, 2.05) is 0 Å². The quantitative estimate of drug-likeness (QED) is 0.919. The second-order valence-electron chi connectivity index (χ2n) is 6.62. The van der Waals surface area contributed by atoms with Crippen LogP contribution >= 0.6 is 11.3 Å². The van der Waals surface area contributed by atoms with E-state index in [0.29, 0.717) is 12.1 Å². The second kappa shape index (κ2) is 7.94. The number of amides is 1. The summed E-state index contributed by atoms with van der Waals surface area (Å²) in [5.74, 6) is 0.0284. The zero-order chi connectivity index (χ0) is 16.1. The molecule has 0 aromatic carbocycles. The van der Waals surface area contributed by atoms with Crippen molar-refractivity contribution >= 4 is 22.2 Å². The number of carbonyl (C=O) groups is 1. The molecule has 23 heavy (non-hydrogen) atoms. The molecule has 0 unspecified atom stereocenters. The van der Waals surface area contributed by atoms with E-state index in [2.05, 4.69) is 16.3 Å². The van der Waals surface area contributed by atoms with E-state index >= 15 is 0 Å². The maximum absolute atomic E-state index is 12.4. The predicted molar refractivity (Wildman–Crippen MR) is 93.8 cm³/mol. The lowest BCUT2D eigenvalue weighted by molar-refractivity contribution is -0.117. The molecule has 1 aliphatic heterocycles. The number of nitriles is 1. The van der Waals surface area contributed by atoms with Gasteiger partial charge in [0, 0.05) is 4.88 Å². The Balaban J connectivity index is 1.63. The number of aryl methyl sites for hydroxylation is 1. The van der Waals surface area contributed by atoms with Crippen LogP contribution in [0.1, 0.15) is 60.9 Å². The third kappa shape index (κ3) is 4.13. The molecule has 0 radical (unpaired) electrons. The van der Waals surface area contributed by atoms with Crippen molar-refractivity contribution in [3.63, 3.8) is 0 Å². The minimum atomic E-state index is 0.0284. The molecule has 5 heteroatoms. The van der Waals surface area contributed by atoms with E-state index in [-0.39, 0.29) is 5.91 Å². The minimum absolute atomic E-state index is 0.0284. The third-order valence-electron chi connectivity index (χ3n) is 4.85. The van der Waals surface area contributed by atoms with Gasteiger partial charge in [-0.1, -0.05) is 19.3 Å². The third-order valence-corrected chi connectivity index (χ3v) is 6.06. The lowest BCUT2D eigenvalue weighted by Gasteiger charge is -2.23. The van der Waals surface area contributed by atoms with Gasteiger partial charge in [0.1, 0.15) is 11.1 Å². The number of hydrogen-bond donors (Lipinski definition) is 1. The molecule has 2 aliphatic rings.